The van der Waals surface area contributed by atoms with Gasteiger partial charge in [-0.05, 0) is 38.8 Å². The summed E-state index contributed by atoms with van der Waals surface area (Å²) in [4.78, 5) is 0. The van der Waals surface area contributed by atoms with Crippen LogP contribution in [0.25, 0.3) is 0 Å². The minimum Gasteiger partial charge on any atom is -0.378 e. The van der Waals surface area contributed by atoms with Crippen LogP contribution in [-0.2, 0) is 4.74 Å². The predicted octanol–water partition coefficient (Wildman–Crippen LogP) is 1.56. The van der Waals surface area contributed by atoms with Gasteiger partial charge in [-0.25, -0.2) is 0 Å². The van der Waals surface area contributed by atoms with Gasteiger partial charge in [-0.3, -0.25) is 0 Å². The Kier molecular flexibility index (Phi) is 4.55. The molecule has 0 aromatic carbocycles. The lowest BCUT2D eigenvalue weighted by molar-refractivity contribution is 0.00157. The number of nitrogens with one attached hydrogen (secondary N) is 1. The molecule has 1 rings (SSSR count). The molecule has 1 aliphatic carbocycles. The van der Waals surface area contributed by atoms with E-state index in [-0.39, 0.29) is 0 Å². The van der Waals surface area contributed by atoms with Crippen LogP contribution in [0.15, 0.2) is 0 Å². The van der Waals surface area contributed by atoms with E-state index < -0.39 is 0 Å². The molecule has 0 heterocycles. The molecule has 0 bridgehead atoms. The van der Waals surface area contributed by atoms with E-state index >= 15 is 0 Å². The second kappa shape index (κ2) is 5.56. The molecule has 0 spiro atoms. The zero-order chi connectivity index (χ0) is 7.94. The number of hydrogen-bond donors (Lipinski definition) is 1. The second-order valence-corrected chi connectivity index (χ2v) is 3.13. The molecule has 0 radical (unpaired) electrons. The molecule has 0 atom stereocenters. The van der Waals surface area contributed by atoms with Gasteiger partial charge in [0.1, 0.15) is 0 Å². The number of rotatable bonds is 6. The first-order valence-corrected chi connectivity index (χ1v) is 4.76. The van der Waals surface area contributed by atoms with E-state index in [0.717, 1.165) is 26.1 Å². The molecule has 0 aromatic rings. The van der Waals surface area contributed by atoms with Gasteiger partial charge in [0.25, 0.3) is 0 Å². The van der Waals surface area contributed by atoms with Crippen molar-refractivity contribution < 1.29 is 4.74 Å². The first kappa shape index (κ1) is 9.01. The van der Waals surface area contributed by atoms with Crippen molar-refractivity contribution >= 4 is 0 Å². The third-order valence-corrected chi connectivity index (χ3v) is 2.15. The number of hydrogen-bond acceptors (Lipinski definition) is 2. The highest BCUT2D eigenvalue weighted by Gasteiger charge is 2.16. The maximum absolute atomic E-state index is 5.58. The summed E-state index contributed by atoms with van der Waals surface area (Å²) in [6, 6.07) is 0. The Balaban J connectivity index is 1.73. The third-order valence-electron chi connectivity index (χ3n) is 2.15. The lowest BCUT2D eigenvalue weighted by atomic mass is 9.96. The van der Waals surface area contributed by atoms with E-state index in [1.807, 2.05) is 0 Å². The summed E-state index contributed by atoms with van der Waals surface area (Å²) >= 11 is 0. The van der Waals surface area contributed by atoms with Gasteiger partial charge in [-0.2, -0.15) is 0 Å². The topological polar surface area (TPSA) is 21.3 Å². The van der Waals surface area contributed by atoms with Gasteiger partial charge >= 0.3 is 0 Å². The van der Waals surface area contributed by atoms with Crippen LogP contribution in [-0.4, -0.2) is 25.8 Å². The molecule has 0 aliphatic heterocycles. The molecular formula is C9H19NO. The van der Waals surface area contributed by atoms with Crippen molar-refractivity contribution in [2.45, 2.75) is 38.7 Å². The average molecular weight is 157 g/mol. The quantitative estimate of drug-likeness (QED) is 0.591. The SMILES string of the molecule is CCNCCCOC1CCC1. The van der Waals surface area contributed by atoms with Crippen LogP contribution in [0.2, 0.25) is 0 Å². The van der Waals surface area contributed by atoms with Gasteiger partial charge in [0, 0.05) is 6.61 Å². The predicted molar refractivity (Wildman–Crippen MR) is 46.8 cm³/mol. The van der Waals surface area contributed by atoms with Gasteiger partial charge < -0.3 is 10.1 Å². The van der Waals surface area contributed by atoms with Crippen molar-refractivity contribution in [1.29, 1.82) is 0 Å². The van der Waals surface area contributed by atoms with Crippen molar-refractivity contribution in [2.24, 2.45) is 0 Å². The lowest BCUT2D eigenvalue weighted by Crippen LogP contribution is -2.23. The van der Waals surface area contributed by atoms with Crippen LogP contribution in [0.4, 0.5) is 0 Å². The fourth-order valence-corrected chi connectivity index (χ4v) is 1.16. The first-order chi connectivity index (χ1) is 5.43. The van der Waals surface area contributed by atoms with Gasteiger partial charge in [0.15, 0.2) is 0 Å². The Morgan fingerprint density at radius 3 is 2.82 bits per heavy atom. The highest BCUT2D eigenvalue weighted by atomic mass is 16.5. The monoisotopic (exact) mass is 157 g/mol. The van der Waals surface area contributed by atoms with Crippen molar-refractivity contribution in [2.75, 3.05) is 19.7 Å². The van der Waals surface area contributed by atoms with Crippen molar-refractivity contribution in [3.05, 3.63) is 0 Å². The van der Waals surface area contributed by atoms with Crippen molar-refractivity contribution in [3.8, 4) is 0 Å². The molecule has 1 saturated carbocycles. The Labute approximate surface area is 69.3 Å². The number of ether oxygens (including phenoxy) is 1. The Bertz CT molecular complexity index is 91.6. The molecule has 1 N–H and O–H groups in total. The molecule has 0 aromatic heterocycles. The summed E-state index contributed by atoms with van der Waals surface area (Å²) in [7, 11) is 0. The van der Waals surface area contributed by atoms with Crippen LogP contribution < -0.4 is 5.32 Å². The van der Waals surface area contributed by atoms with Crippen LogP contribution in [0, 0.1) is 0 Å². The molecule has 2 heteroatoms. The minimum absolute atomic E-state index is 0.608. The van der Waals surface area contributed by atoms with E-state index in [0.29, 0.717) is 6.10 Å². The van der Waals surface area contributed by atoms with Gasteiger partial charge in [0.05, 0.1) is 6.10 Å². The Morgan fingerprint density at radius 1 is 1.45 bits per heavy atom. The van der Waals surface area contributed by atoms with Crippen molar-refractivity contribution in [3.63, 3.8) is 0 Å². The lowest BCUT2D eigenvalue weighted by Gasteiger charge is -2.25. The molecule has 0 amide bonds. The summed E-state index contributed by atoms with van der Waals surface area (Å²) in [5.41, 5.74) is 0. The van der Waals surface area contributed by atoms with Gasteiger partial charge in [-0.1, -0.05) is 6.92 Å². The highest BCUT2D eigenvalue weighted by Crippen LogP contribution is 2.21. The smallest absolute Gasteiger partial charge is 0.0575 e. The maximum Gasteiger partial charge on any atom is 0.0575 e. The van der Waals surface area contributed by atoms with Crippen LogP contribution in [0.3, 0.4) is 0 Å². The molecule has 11 heavy (non-hydrogen) atoms. The highest BCUT2D eigenvalue weighted by molar-refractivity contribution is 4.68. The zero-order valence-electron chi connectivity index (χ0n) is 7.44. The molecule has 1 aliphatic rings. The molecule has 0 unspecified atom stereocenters. The molecule has 1 fully saturated rings. The molecular weight excluding hydrogens is 138 g/mol. The molecule has 0 saturated heterocycles. The third kappa shape index (κ3) is 3.73. The summed E-state index contributed by atoms with van der Waals surface area (Å²) < 4.78 is 5.58. The molecule has 2 nitrogen and oxygen atoms in total. The van der Waals surface area contributed by atoms with Crippen LogP contribution in [0.5, 0.6) is 0 Å². The van der Waals surface area contributed by atoms with E-state index in [1.165, 1.54) is 19.3 Å². The normalized spacial score (nSPS) is 18.3. The average Bonchev–Trinajstić information content (AvgIpc) is 1.93. The van der Waals surface area contributed by atoms with E-state index in [4.69, 9.17) is 4.74 Å². The molecule has 66 valence electrons. The Morgan fingerprint density at radius 2 is 2.27 bits per heavy atom. The summed E-state index contributed by atoms with van der Waals surface area (Å²) in [5.74, 6) is 0. The second-order valence-electron chi connectivity index (χ2n) is 3.13. The zero-order valence-corrected chi connectivity index (χ0v) is 7.44. The van der Waals surface area contributed by atoms with Gasteiger partial charge in [0.2, 0.25) is 0 Å². The van der Waals surface area contributed by atoms with Crippen LogP contribution >= 0.6 is 0 Å². The van der Waals surface area contributed by atoms with Crippen LogP contribution in [0.1, 0.15) is 32.6 Å². The first-order valence-electron chi connectivity index (χ1n) is 4.76. The minimum atomic E-state index is 0.608. The van der Waals surface area contributed by atoms with Crippen molar-refractivity contribution in [1.82, 2.24) is 5.32 Å². The van der Waals surface area contributed by atoms with E-state index in [9.17, 15) is 0 Å². The maximum atomic E-state index is 5.58. The van der Waals surface area contributed by atoms with Gasteiger partial charge in [-0.15, -0.1) is 0 Å². The fourth-order valence-electron chi connectivity index (χ4n) is 1.16. The van der Waals surface area contributed by atoms with E-state index in [1.54, 1.807) is 0 Å². The van der Waals surface area contributed by atoms with E-state index in [2.05, 4.69) is 12.2 Å². The fraction of sp³-hybridized carbons (Fsp3) is 1.00. The summed E-state index contributed by atoms with van der Waals surface area (Å²) in [6.45, 7) is 5.25. The summed E-state index contributed by atoms with van der Waals surface area (Å²) in [6.07, 6.45) is 5.72. The Hall–Kier alpha value is -0.0800. The summed E-state index contributed by atoms with van der Waals surface area (Å²) in [5, 5.41) is 3.28. The largest absolute Gasteiger partial charge is 0.378 e. The standard InChI is InChI=1S/C9H19NO/c1-2-10-7-4-8-11-9-5-3-6-9/h9-10H,2-8H2,1H3.